The SMILES string of the molecule is CC(N)c1ccc(NS(=O)(=O)NCC(F)(F)F)cc1. The highest BCUT2D eigenvalue weighted by Crippen LogP contribution is 2.16. The van der Waals surface area contributed by atoms with E-state index in [1.807, 2.05) is 4.72 Å². The molecule has 4 N–H and O–H groups in total. The van der Waals surface area contributed by atoms with Gasteiger partial charge in [0.05, 0.1) is 0 Å². The van der Waals surface area contributed by atoms with Crippen LogP contribution in [0.1, 0.15) is 18.5 Å². The zero-order chi connectivity index (χ0) is 14.7. The Morgan fingerprint density at radius 2 is 1.79 bits per heavy atom. The van der Waals surface area contributed by atoms with Crippen molar-refractivity contribution in [3.05, 3.63) is 29.8 Å². The summed E-state index contributed by atoms with van der Waals surface area (Å²) in [6.45, 7) is 0.129. The van der Waals surface area contributed by atoms with Gasteiger partial charge in [0.25, 0.3) is 10.2 Å². The van der Waals surface area contributed by atoms with Gasteiger partial charge >= 0.3 is 6.18 Å². The van der Waals surface area contributed by atoms with Crippen molar-refractivity contribution in [3.8, 4) is 0 Å². The third-order valence-electron chi connectivity index (χ3n) is 2.15. The van der Waals surface area contributed by atoms with Crippen molar-refractivity contribution >= 4 is 15.9 Å². The van der Waals surface area contributed by atoms with Crippen molar-refractivity contribution in [1.82, 2.24) is 4.72 Å². The van der Waals surface area contributed by atoms with Gasteiger partial charge in [-0.15, -0.1) is 0 Å². The summed E-state index contributed by atoms with van der Waals surface area (Å²) in [7, 11) is -4.25. The molecule has 0 spiro atoms. The van der Waals surface area contributed by atoms with Crippen LogP contribution in [0.2, 0.25) is 0 Å². The topological polar surface area (TPSA) is 84.2 Å². The minimum atomic E-state index is -4.60. The zero-order valence-electron chi connectivity index (χ0n) is 10.0. The maximum absolute atomic E-state index is 11.9. The molecule has 0 aliphatic heterocycles. The van der Waals surface area contributed by atoms with Gasteiger partial charge in [-0.25, -0.2) is 0 Å². The van der Waals surface area contributed by atoms with Crippen molar-refractivity contribution in [2.24, 2.45) is 5.73 Å². The molecule has 1 unspecified atom stereocenters. The maximum Gasteiger partial charge on any atom is 0.402 e. The van der Waals surface area contributed by atoms with Crippen molar-refractivity contribution in [2.75, 3.05) is 11.3 Å². The Labute approximate surface area is 109 Å². The van der Waals surface area contributed by atoms with Crippen LogP contribution in [0.5, 0.6) is 0 Å². The molecule has 0 aliphatic carbocycles. The van der Waals surface area contributed by atoms with Crippen LogP contribution in [0.3, 0.4) is 0 Å². The van der Waals surface area contributed by atoms with E-state index < -0.39 is 22.9 Å². The number of benzene rings is 1. The molecular weight excluding hydrogens is 283 g/mol. The molecule has 0 bridgehead atoms. The predicted octanol–water partition coefficient (Wildman–Crippen LogP) is 1.51. The molecule has 19 heavy (non-hydrogen) atoms. The first-order chi connectivity index (χ1) is 8.59. The summed E-state index contributed by atoms with van der Waals surface area (Å²) >= 11 is 0. The lowest BCUT2D eigenvalue weighted by Gasteiger charge is -2.12. The van der Waals surface area contributed by atoms with E-state index >= 15 is 0 Å². The molecule has 1 rings (SSSR count). The first-order valence-corrected chi connectivity index (χ1v) is 6.77. The summed E-state index contributed by atoms with van der Waals surface area (Å²) < 4.78 is 61.7. The summed E-state index contributed by atoms with van der Waals surface area (Å²) in [5.74, 6) is 0. The second kappa shape index (κ2) is 5.76. The molecule has 108 valence electrons. The lowest BCUT2D eigenvalue weighted by atomic mass is 10.1. The molecular formula is C10H14F3N3O2S. The molecule has 9 heteroatoms. The fourth-order valence-corrected chi connectivity index (χ4v) is 2.10. The molecule has 1 atom stereocenters. The zero-order valence-corrected chi connectivity index (χ0v) is 10.8. The smallest absolute Gasteiger partial charge is 0.324 e. The summed E-state index contributed by atoms with van der Waals surface area (Å²) in [5, 5.41) is 0. The lowest BCUT2D eigenvalue weighted by molar-refractivity contribution is -0.121. The molecule has 0 aliphatic rings. The Kier molecular flexibility index (Phi) is 4.77. The molecule has 0 heterocycles. The van der Waals surface area contributed by atoms with Crippen molar-refractivity contribution in [3.63, 3.8) is 0 Å². The highest BCUT2D eigenvalue weighted by molar-refractivity contribution is 7.90. The summed E-state index contributed by atoms with van der Waals surface area (Å²) in [6, 6.07) is 5.81. The van der Waals surface area contributed by atoms with E-state index in [-0.39, 0.29) is 11.7 Å². The van der Waals surface area contributed by atoms with E-state index in [4.69, 9.17) is 5.73 Å². The first-order valence-electron chi connectivity index (χ1n) is 5.29. The number of nitrogens with two attached hydrogens (primary N) is 1. The minimum Gasteiger partial charge on any atom is -0.324 e. The molecule has 1 aromatic carbocycles. The van der Waals surface area contributed by atoms with Crippen LogP contribution in [-0.4, -0.2) is 21.1 Å². The molecule has 1 aromatic rings. The van der Waals surface area contributed by atoms with Gasteiger partial charge in [-0.05, 0) is 24.6 Å². The van der Waals surface area contributed by atoms with Crippen LogP contribution in [-0.2, 0) is 10.2 Å². The summed E-state index contributed by atoms with van der Waals surface area (Å²) in [6.07, 6.45) is -4.60. The minimum absolute atomic E-state index is 0.152. The van der Waals surface area contributed by atoms with Gasteiger partial charge in [0.1, 0.15) is 6.54 Å². The van der Waals surface area contributed by atoms with E-state index in [2.05, 4.69) is 0 Å². The Bertz CT molecular complexity index is 512. The highest BCUT2D eigenvalue weighted by Gasteiger charge is 2.29. The maximum atomic E-state index is 11.9. The van der Waals surface area contributed by atoms with Crippen molar-refractivity contribution in [2.45, 2.75) is 19.1 Å². The molecule has 0 radical (unpaired) electrons. The quantitative estimate of drug-likeness (QED) is 0.770. The number of alkyl halides is 3. The Hall–Kier alpha value is -1.32. The van der Waals surface area contributed by atoms with Gasteiger partial charge in [-0.1, -0.05) is 12.1 Å². The van der Waals surface area contributed by atoms with Crippen LogP contribution in [0, 0.1) is 0 Å². The Morgan fingerprint density at radius 3 is 2.21 bits per heavy atom. The highest BCUT2D eigenvalue weighted by atomic mass is 32.2. The monoisotopic (exact) mass is 297 g/mol. The first kappa shape index (κ1) is 15.7. The number of rotatable bonds is 5. The van der Waals surface area contributed by atoms with E-state index in [0.717, 1.165) is 5.56 Å². The number of nitrogens with one attached hydrogen (secondary N) is 2. The molecule has 0 amide bonds. The Morgan fingerprint density at radius 1 is 1.26 bits per heavy atom. The molecule has 0 fully saturated rings. The second-order valence-electron chi connectivity index (χ2n) is 3.95. The van der Waals surface area contributed by atoms with Crippen LogP contribution < -0.4 is 15.2 Å². The number of halogens is 3. The van der Waals surface area contributed by atoms with E-state index in [1.54, 1.807) is 19.1 Å². The summed E-state index contributed by atoms with van der Waals surface area (Å²) in [5.41, 5.74) is 6.55. The fraction of sp³-hybridized carbons (Fsp3) is 0.400. The number of anilines is 1. The van der Waals surface area contributed by atoms with Gasteiger partial charge in [-0.3, -0.25) is 4.72 Å². The molecule has 0 saturated carbocycles. The van der Waals surface area contributed by atoms with Gasteiger partial charge < -0.3 is 5.73 Å². The fourth-order valence-electron chi connectivity index (χ4n) is 1.22. The van der Waals surface area contributed by atoms with Crippen LogP contribution >= 0.6 is 0 Å². The normalized spacial score (nSPS) is 14.2. The number of hydrogen-bond acceptors (Lipinski definition) is 3. The van der Waals surface area contributed by atoms with Crippen LogP contribution in [0.15, 0.2) is 24.3 Å². The number of hydrogen-bond donors (Lipinski definition) is 3. The molecule has 5 nitrogen and oxygen atoms in total. The van der Waals surface area contributed by atoms with Gasteiger partial charge in [0, 0.05) is 11.7 Å². The van der Waals surface area contributed by atoms with Gasteiger partial charge in [0.15, 0.2) is 0 Å². The van der Waals surface area contributed by atoms with E-state index in [9.17, 15) is 21.6 Å². The standard InChI is InChI=1S/C10H14F3N3O2S/c1-7(14)8-2-4-9(5-3-8)16-19(17,18)15-6-10(11,12)13/h2-5,7,15-16H,6,14H2,1H3. The largest absolute Gasteiger partial charge is 0.402 e. The van der Waals surface area contributed by atoms with Crippen LogP contribution in [0.4, 0.5) is 18.9 Å². The average molecular weight is 297 g/mol. The van der Waals surface area contributed by atoms with Crippen molar-refractivity contribution < 1.29 is 21.6 Å². The van der Waals surface area contributed by atoms with Gasteiger partial charge in [0.2, 0.25) is 0 Å². The van der Waals surface area contributed by atoms with Crippen molar-refractivity contribution in [1.29, 1.82) is 0 Å². The summed E-state index contributed by atoms with van der Waals surface area (Å²) in [4.78, 5) is 0. The molecule has 0 aromatic heterocycles. The average Bonchev–Trinajstić information content (AvgIpc) is 2.26. The second-order valence-corrected chi connectivity index (χ2v) is 5.45. The lowest BCUT2D eigenvalue weighted by Crippen LogP contribution is -2.37. The van der Waals surface area contributed by atoms with E-state index in [0.29, 0.717) is 0 Å². The third kappa shape index (κ3) is 5.90. The Balaban J connectivity index is 2.68. The van der Waals surface area contributed by atoms with Gasteiger partial charge in [-0.2, -0.15) is 26.3 Å². The third-order valence-corrected chi connectivity index (χ3v) is 3.18. The van der Waals surface area contributed by atoms with E-state index in [1.165, 1.54) is 16.9 Å². The predicted molar refractivity (Wildman–Crippen MR) is 65.6 cm³/mol. The van der Waals surface area contributed by atoms with Crippen LogP contribution in [0.25, 0.3) is 0 Å². The molecule has 0 saturated heterocycles.